The Hall–Kier alpha value is -0.610. The van der Waals surface area contributed by atoms with Gasteiger partial charge in [0.1, 0.15) is 0 Å². The van der Waals surface area contributed by atoms with Gasteiger partial charge >= 0.3 is 0 Å². The Balaban J connectivity index is 1.71. The Morgan fingerprint density at radius 2 is 2.12 bits per heavy atom. The Kier molecular flexibility index (Phi) is 4.18. The summed E-state index contributed by atoms with van der Waals surface area (Å²) in [5.41, 5.74) is 0. The predicted octanol–water partition coefficient (Wildman–Crippen LogP) is 0.339. The summed E-state index contributed by atoms with van der Waals surface area (Å²) in [6.07, 6.45) is 5.93. The molecule has 1 unspecified atom stereocenters. The van der Waals surface area contributed by atoms with Gasteiger partial charge in [0.2, 0.25) is 5.91 Å². The minimum Gasteiger partial charge on any atom is -0.352 e. The van der Waals surface area contributed by atoms with Crippen LogP contribution in [0.15, 0.2) is 0 Å². The van der Waals surface area contributed by atoms with E-state index >= 15 is 0 Å². The average Bonchev–Trinajstić information content (AvgIpc) is 3.02. The molecule has 1 aliphatic carbocycles. The molecule has 2 rings (SSSR count). The van der Waals surface area contributed by atoms with Crippen LogP contribution in [0.5, 0.6) is 0 Å². The van der Waals surface area contributed by atoms with E-state index in [1.54, 1.807) is 0 Å². The molecule has 92 valence electrons. The van der Waals surface area contributed by atoms with E-state index in [1.165, 1.54) is 25.7 Å². The fraction of sp³-hybridized carbons (Fsp3) is 0.917. The van der Waals surface area contributed by atoms with Gasteiger partial charge in [-0.25, -0.2) is 0 Å². The van der Waals surface area contributed by atoms with E-state index in [9.17, 15) is 4.79 Å². The monoisotopic (exact) mass is 225 g/mol. The maximum Gasteiger partial charge on any atom is 0.234 e. The van der Waals surface area contributed by atoms with E-state index in [2.05, 4.69) is 22.6 Å². The summed E-state index contributed by atoms with van der Waals surface area (Å²) in [7, 11) is 2.07. The fourth-order valence-electron chi connectivity index (χ4n) is 2.30. The molecule has 0 aromatic rings. The first-order chi connectivity index (χ1) is 7.75. The first kappa shape index (κ1) is 11.9. The number of hydrogen-bond acceptors (Lipinski definition) is 3. The normalized spacial score (nSPS) is 26.5. The maximum absolute atomic E-state index is 11.7. The fourth-order valence-corrected chi connectivity index (χ4v) is 2.30. The van der Waals surface area contributed by atoms with E-state index in [0.29, 0.717) is 18.6 Å². The SMILES string of the molecule is CN(CC(=O)NC1CC1)C1CCCNCC1. The highest BCUT2D eigenvalue weighted by Crippen LogP contribution is 2.18. The van der Waals surface area contributed by atoms with Crippen LogP contribution in [0, 0.1) is 0 Å². The second-order valence-corrected chi connectivity index (χ2v) is 5.09. The van der Waals surface area contributed by atoms with E-state index in [-0.39, 0.29) is 5.91 Å². The molecule has 0 bridgehead atoms. The number of nitrogens with one attached hydrogen (secondary N) is 2. The van der Waals surface area contributed by atoms with Crippen molar-refractivity contribution >= 4 is 5.91 Å². The second kappa shape index (κ2) is 5.64. The lowest BCUT2D eigenvalue weighted by molar-refractivity contribution is -0.122. The van der Waals surface area contributed by atoms with Gasteiger partial charge in [0.15, 0.2) is 0 Å². The molecule has 4 heteroatoms. The minimum atomic E-state index is 0.196. The second-order valence-electron chi connectivity index (χ2n) is 5.09. The lowest BCUT2D eigenvalue weighted by Gasteiger charge is -2.26. The van der Waals surface area contributed by atoms with E-state index in [4.69, 9.17) is 0 Å². The van der Waals surface area contributed by atoms with Crippen LogP contribution in [0.2, 0.25) is 0 Å². The average molecular weight is 225 g/mol. The third-order valence-electron chi connectivity index (χ3n) is 3.50. The molecule has 2 aliphatic rings. The number of nitrogens with zero attached hydrogens (tertiary/aromatic N) is 1. The first-order valence-electron chi connectivity index (χ1n) is 6.46. The molecule has 0 aromatic carbocycles. The number of hydrogen-bond donors (Lipinski definition) is 2. The number of rotatable bonds is 4. The molecule has 1 aliphatic heterocycles. The van der Waals surface area contributed by atoms with Crippen LogP contribution in [0.1, 0.15) is 32.1 Å². The van der Waals surface area contributed by atoms with Crippen molar-refractivity contribution < 1.29 is 4.79 Å². The zero-order valence-corrected chi connectivity index (χ0v) is 10.2. The topological polar surface area (TPSA) is 44.4 Å². The van der Waals surface area contributed by atoms with Crippen LogP contribution in [0.25, 0.3) is 0 Å². The number of carbonyl (C=O) groups is 1. The van der Waals surface area contributed by atoms with Crippen molar-refractivity contribution in [1.29, 1.82) is 0 Å². The summed E-state index contributed by atoms with van der Waals surface area (Å²) < 4.78 is 0. The molecule has 2 fully saturated rings. The molecule has 1 atom stereocenters. The van der Waals surface area contributed by atoms with Crippen LogP contribution >= 0.6 is 0 Å². The molecular formula is C12H23N3O. The quantitative estimate of drug-likeness (QED) is 0.725. The maximum atomic E-state index is 11.7. The highest BCUT2D eigenvalue weighted by molar-refractivity contribution is 5.78. The first-order valence-corrected chi connectivity index (χ1v) is 6.46. The number of likely N-dealkylation sites (N-methyl/N-ethyl adjacent to an activating group) is 1. The highest BCUT2D eigenvalue weighted by Gasteiger charge is 2.25. The van der Waals surface area contributed by atoms with Gasteiger partial charge in [-0.15, -0.1) is 0 Å². The van der Waals surface area contributed by atoms with Crippen LogP contribution in [-0.2, 0) is 4.79 Å². The Morgan fingerprint density at radius 3 is 2.88 bits per heavy atom. The van der Waals surface area contributed by atoms with Crippen LogP contribution in [0.3, 0.4) is 0 Å². The number of amides is 1. The van der Waals surface area contributed by atoms with Crippen molar-refractivity contribution in [3.8, 4) is 0 Å². The molecule has 1 amide bonds. The number of carbonyl (C=O) groups excluding carboxylic acids is 1. The third kappa shape index (κ3) is 3.76. The molecule has 0 spiro atoms. The van der Waals surface area contributed by atoms with Crippen molar-refractivity contribution in [3.63, 3.8) is 0 Å². The molecule has 0 radical (unpaired) electrons. The van der Waals surface area contributed by atoms with E-state index in [1.807, 2.05) is 0 Å². The minimum absolute atomic E-state index is 0.196. The predicted molar refractivity (Wildman–Crippen MR) is 64.3 cm³/mol. The molecule has 1 heterocycles. The van der Waals surface area contributed by atoms with Gasteiger partial charge in [-0.2, -0.15) is 0 Å². The smallest absolute Gasteiger partial charge is 0.234 e. The van der Waals surface area contributed by atoms with Gasteiger partial charge in [0.25, 0.3) is 0 Å². The molecule has 0 aromatic heterocycles. The summed E-state index contributed by atoms with van der Waals surface area (Å²) in [4.78, 5) is 13.9. The summed E-state index contributed by atoms with van der Waals surface area (Å²) in [5, 5.41) is 6.44. The van der Waals surface area contributed by atoms with Gasteiger partial charge < -0.3 is 10.6 Å². The van der Waals surface area contributed by atoms with E-state index < -0.39 is 0 Å². The molecular weight excluding hydrogens is 202 g/mol. The summed E-state index contributed by atoms with van der Waals surface area (Å²) in [6.45, 7) is 2.76. The van der Waals surface area contributed by atoms with Crippen LogP contribution < -0.4 is 10.6 Å². The van der Waals surface area contributed by atoms with Crippen molar-refractivity contribution in [2.45, 2.75) is 44.2 Å². The zero-order valence-electron chi connectivity index (χ0n) is 10.2. The van der Waals surface area contributed by atoms with Crippen LogP contribution in [0.4, 0.5) is 0 Å². The summed E-state index contributed by atoms with van der Waals surface area (Å²) in [5.74, 6) is 0.196. The Morgan fingerprint density at radius 1 is 1.31 bits per heavy atom. The largest absolute Gasteiger partial charge is 0.352 e. The molecule has 4 nitrogen and oxygen atoms in total. The molecule has 16 heavy (non-hydrogen) atoms. The van der Waals surface area contributed by atoms with Gasteiger partial charge in [0, 0.05) is 12.1 Å². The molecule has 1 saturated carbocycles. The van der Waals surface area contributed by atoms with Gasteiger partial charge in [0.05, 0.1) is 6.54 Å². The van der Waals surface area contributed by atoms with Crippen molar-refractivity contribution in [2.75, 3.05) is 26.7 Å². The van der Waals surface area contributed by atoms with Crippen LogP contribution in [-0.4, -0.2) is 49.6 Å². The Labute approximate surface area is 97.8 Å². The zero-order chi connectivity index (χ0) is 11.4. The van der Waals surface area contributed by atoms with E-state index in [0.717, 1.165) is 19.5 Å². The summed E-state index contributed by atoms with van der Waals surface area (Å²) in [6, 6.07) is 1.05. The van der Waals surface area contributed by atoms with Crippen molar-refractivity contribution in [1.82, 2.24) is 15.5 Å². The van der Waals surface area contributed by atoms with Crippen molar-refractivity contribution in [3.05, 3.63) is 0 Å². The highest BCUT2D eigenvalue weighted by atomic mass is 16.2. The lowest BCUT2D eigenvalue weighted by Crippen LogP contribution is -2.41. The third-order valence-corrected chi connectivity index (χ3v) is 3.50. The van der Waals surface area contributed by atoms with Gasteiger partial charge in [-0.05, 0) is 52.2 Å². The lowest BCUT2D eigenvalue weighted by atomic mass is 10.1. The molecule has 2 N–H and O–H groups in total. The molecule has 1 saturated heterocycles. The van der Waals surface area contributed by atoms with Crippen molar-refractivity contribution in [2.24, 2.45) is 0 Å². The standard InChI is InChI=1S/C12H23N3O/c1-15(9-12(16)14-10-4-5-10)11-3-2-7-13-8-6-11/h10-11,13H,2-9H2,1H3,(H,14,16). The van der Waals surface area contributed by atoms with Gasteiger partial charge in [-0.1, -0.05) is 0 Å². The Bertz CT molecular complexity index is 232. The summed E-state index contributed by atoms with van der Waals surface area (Å²) >= 11 is 0. The van der Waals surface area contributed by atoms with Gasteiger partial charge in [-0.3, -0.25) is 9.69 Å².